The topological polar surface area (TPSA) is 91.7 Å². The number of carboxylic acids is 2. The van der Waals surface area contributed by atoms with Gasteiger partial charge in [-0.3, -0.25) is 14.4 Å². The van der Waals surface area contributed by atoms with Gasteiger partial charge in [-0.05, 0) is 75.2 Å². The Bertz CT molecular complexity index is 700. The van der Waals surface area contributed by atoms with E-state index in [1.54, 1.807) is 6.92 Å². The van der Waals surface area contributed by atoms with Gasteiger partial charge in [-0.15, -0.1) is 0 Å². The first-order valence-corrected chi connectivity index (χ1v) is 13.1. The zero-order valence-corrected chi connectivity index (χ0v) is 20.9. The predicted octanol–water partition coefficient (Wildman–Crippen LogP) is 6.41. The molecule has 6 unspecified atom stereocenters. The van der Waals surface area contributed by atoms with Crippen molar-refractivity contribution >= 4 is 33.7 Å². The Balaban J connectivity index is 2.06. The molecule has 6 atom stereocenters. The Labute approximate surface area is 200 Å². The fourth-order valence-electron chi connectivity index (χ4n) is 5.55. The monoisotopic (exact) mass is 510 g/mol. The number of ketones is 1. The van der Waals surface area contributed by atoms with Crippen LogP contribution >= 0.6 is 15.9 Å². The summed E-state index contributed by atoms with van der Waals surface area (Å²) in [5, 5.41) is 18.9. The van der Waals surface area contributed by atoms with E-state index >= 15 is 0 Å². The summed E-state index contributed by atoms with van der Waals surface area (Å²) in [6, 6.07) is 0. The second-order valence-electron chi connectivity index (χ2n) is 9.77. The van der Waals surface area contributed by atoms with Crippen molar-refractivity contribution in [3.63, 3.8) is 0 Å². The molecule has 2 N–H and O–H groups in total. The van der Waals surface area contributed by atoms with Gasteiger partial charge in [0.15, 0.2) is 5.78 Å². The average Bonchev–Trinajstić information content (AvgIpc) is 3.14. The molecule has 1 fully saturated rings. The first kappa shape index (κ1) is 26.8. The number of aliphatic carboxylic acids is 2. The number of rotatable bonds is 13. The third kappa shape index (κ3) is 8.17. The molecule has 32 heavy (non-hydrogen) atoms. The summed E-state index contributed by atoms with van der Waals surface area (Å²) in [5.74, 6) is -0.971. The summed E-state index contributed by atoms with van der Waals surface area (Å²) >= 11 is 3.75. The van der Waals surface area contributed by atoms with Gasteiger partial charge < -0.3 is 10.2 Å². The lowest BCUT2D eigenvalue weighted by Gasteiger charge is -2.31. The molecule has 0 heterocycles. The van der Waals surface area contributed by atoms with Gasteiger partial charge in [0.1, 0.15) is 0 Å². The van der Waals surface area contributed by atoms with E-state index in [1.165, 1.54) is 11.6 Å². The van der Waals surface area contributed by atoms with Crippen LogP contribution in [-0.2, 0) is 14.4 Å². The molecule has 0 aliphatic heterocycles. The fraction of sp³-hybridized carbons (Fsp3) is 0.731. The van der Waals surface area contributed by atoms with Crippen molar-refractivity contribution in [3.05, 3.63) is 24.3 Å². The smallest absolute Gasteiger partial charge is 0.306 e. The molecule has 0 saturated heterocycles. The normalized spacial score (nSPS) is 29.1. The van der Waals surface area contributed by atoms with E-state index in [9.17, 15) is 19.5 Å². The number of allylic oxidation sites excluding steroid dienone is 3. The van der Waals surface area contributed by atoms with Gasteiger partial charge in [0.05, 0.1) is 11.8 Å². The first-order valence-electron chi connectivity index (χ1n) is 12.2. The van der Waals surface area contributed by atoms with E-state index in [2.05, 4.69) is 28.6 Å². The van der Waals surface area contributed by atoms with E-state index in [0.717, 1.165) is 51.4 Å². The highest BCUT2D eigenvalue weighted by atomic mass is 79.9. The van der Waals surface area contributed by atoms with Crippen LogP contribution in [0.3, 0.4) is 0 Å². The first-order chi connectivity index (χ1) is 15.2. The maximum absolute atomic E-state index is 11.9. The Hall–Kier alpha value is -1.43. The Kier molecular flexibility index (Phi) is 11.2. The highest BCUT2D eigenvalue weighted by Gasteiger charge is 2.39. The van der Waals surface area contributed by atoms with Crippen molar-refractivity contribution in [2.75, 3.05) is 0 Å². The molecule has 0 aromatic heterocycles. The lowest BCUT2D eigenvalue weighted by atomic mass is 9.74. The number of carbonyl (C=O) groups is 3. The van der Waals surface area contributed by atoms with E-state index in [-0.39, 0.29) is 28.4 Å². The molecule has 1 saturated carbocycles. The van der Waals surface area contributed by atoms with Crippen LogP contribution < -0.4 is 0 Å². The SMILES string of the molecule is C=CC(=O)CCC1CCC=C1C1CC(C(=O)O)CC(Br)CC1CCCCCC(C)C(=O)O. The van der Waals surface area contributed by atoms with Crippen LogP contribution in [0.1, 0.15) is 84.0 Å². The quantitative estimate of drug-likeness (QED) is 0.0980. The maximum Gasteiger partial charge on any atom is 0.306 e. The lowest BCUT2D eigenvalue weighted by molar-refractivity contribution is -0.143. The van der Waals surface area contributed by atoms with Crippen LogP contribution in [0.4, 0.5) is 0 Å². The molecule has 0 aromatic rings. The van der Waals surface area contributed by atoms with E-state index in [0.29, 0.717) is 37.5 Å². The fourth-order valence-corrected chi connectivity index (χ4v) is 6.48. The molecule has 0 spiro atoms. The minimum absolute atomic E-state index is 0.0770. The molecule has 2 rings (SSSR count). The van der Waals surface area contributed by atoms with Gasteiger partial charge >= 0.3 is 11.9 Å². The third-order valence-electron chi connectivity index (χ3n) is 7.45. The Morgan fingerprint density at radius 3 is 2.56 bits per heavy atom. The summed E-state index contributed by atoms with van der Waals surface area (Å²) in [4.78, 5) is 34.9. The van der Waals surface area contributed by atoms with Crippen LogP contribution in [0.2, 0.25) is 0 Å². The summed E-state index contributed by atoms with van der Waals surface area (Å²) < 4.78 is 0. The molecule has 0 radical (unpaired) electrons. The second-order valence-corrected chi connectivity index (χ2v) is 11.1. The molecule has 2 aliphatic rings. The highest BCUT2D eigenvalue weighted by Crippen LogP contribution is 2.47. The molecule has 0 bridgehead atoms. The van der Waals surface area contributed by atoms with Gasteiger partial charge in [0, 0.05) is 11.2 Å². The van der Waals surface area contributed by atoms with Crippen molar-refractivity contribution in [3.8, 4) is 0 Å². The highest BCUT2D eigenvalue weighted by molar-refractivity contribution is 9.09. The van der Waals surface area contributed by atoms with Crippen LogP contribution in [0, 0.1) is 29.6 Å². The minimum Gasteiger partial charge on any atom is -0.481 e. The minimum atomic E-state index is -0.732. The third-order valence-corrected chi connectivity index (χ3v) is 8.20. The van der Waals surface area contributed by atoms with Gasteiger partial charge in [0.2, 0.25) is 0 Å². The lowest BCUT2D eigenvalue weighted by Crippen LogP contribution is -2.24. The Morgan fingerprint density at radius 1 is 1.16 bits per heavy atom. The second kappa shape index (κ2) is 13.3. The van der Waals surface area contributed by atoms with Crippen LogP contribution in [0.25, 0.3) is 0 Å². The van der Waals surface area contributed by atoms with Gasteiger partial charge in [-0.25, -0.2) is 0 Å². The molecular formula is C26H39BrO5. The summed E-state index contributed by atoms with van der Waals surface area (Å²) in [6.45, 7) is 5.34. The average molecular weight is 511 g/mol. The van der Waals surface area contributed by atoms with Crippen molar-refractivity contribution in [2.45, 2.75) is 88.8 Å². The van der Waals surface area contributed by atoms with Gasteiger partial charge in [-0.1, -0.05) is 60.3 Å². The van der Waals surface area contributed by atoms with Crippen LogP contribution in [0.5, 0.6) is 0 Å². The molecule has 5 nitrogen and oxygen atoms in total. The van der Waals surface area contributed by atoms with Gasteiger partial charge in [-0.2, -0.15) is 0 Å². The predicted molar refractivity (Wildman–Crippen MR) is 130 cm³/mol. The number of halogens is 1. The van der Waals surface area contributed by atoms with Crippen LogP contribution in [-0.4, -0.2) is 32.8 Å². The van der Waals surface area contributed by atoms with Crippen molar-refractivity contribution < 1.29 is 24.6 Å². The van der Waals surface area contributed by atoms with E-state index in [4.69, 9.17) is 5.11 Å². The van der Waals surface area contributed by atoms with Crippen LogP contribution in [0.15, 0.2) is 24.3 Å². The summed E-state index contributed by atoms with van der Waals surface area (Å²) in [7, 11) is 0. The standard InChI is InChI=1S/C26H39BrO5/c1-3-22(28)13-12-18-10-7-11-23(18)24-16-20(26(31)32)15-21(27)14-19(24)9-6-4-5-8-17(2)25(29)30/h3,11,17-21,24H,1,4-10,12-16H2,2H3,(H,29,30)(H,31,32). The number of unbranched alkanes of at least 4 members (excludes halogenated alkanes) is 2. The van der Waals surface area contributed by atoms with Crippen molar-refractivity contribution in [1.82, 2.24) is 0 Å². The largest absolute Gasteiger partial charge is 0.481 e. The molecule has 6 heteroatoms. The molecule has 0 aromatic carbocycles. The van der Waals surface area contributed by atoms with E-state index < -0.39 is 11.9 Å². The summed E-state index contributed by atoms with van der Waals surface area (Å²) in [5.41, 5.74) is 1.39. The molecular weight excluding hydrogens is 472 g/mol. The molecule has 0 amide bonds. The number of carboxylic acid groups (broad SMARTS) is 2. The zero-order chi connectivity index (χ0) is 23.7. The van der Waals surface area contributed by atoms with E-state index in [1.807, 2.05) is 0 Å². The zero-order valence-electron chi connectivity index (χ0n) is 19.3. The number of alkyl halides is 1. The number of carbonyl (C=O) groups excluding carboxylic acids is 1. The maximum atomic E-state index is 11.9. The molecule has 2 aliphatic carbocycles. The molecule has 180 valence electrons. The number of hydrogen-bond donors (Lipinski definition) is 2. The summed E-state index contributed by atoms with van der Waals surface area (Å²) in [6.07, 6.45) is 14.1. The Morgan fingerprint density at radius 2 is 1.91 bits per heavy atom. The number of hydrogen-bond acceptors (Lipinski definition) is 3. The van der Waals surface area contributed by atoms with Crippen molar-refractivity contribution in [1.29, 1.82) is 0 Å². The van der Waals surface area contributed by atoms with Gasteiger partial charge in [0.25, 0.3) is 0 Å². The van der Waals surface area contributed by atoms with Crippen molar-refractivity contribution in [2.24, 2.45) is 29.6 Å².